The first-order valence-electron chi connectivity index (χ1n) is 8.96. The summed E-state index contributed by atoms with van der Waals surface area (Å²) < 4.78 is 39.1. The summed E-state index contributed by atoms with van der Waals surface area (Å²) in [7, 11) is 0. The number of aryl methyl sites for hydroxylation is 2. The fraction of sp³-hybridized carbons (Fsp3) is 0.316. The second-order valence-electron chi connectivity index (χ2n) is 7.03. The van der Waals surface area contributed by atoms with Gasteiger partial charge in [-0.1, -0.05) is 11.6 Å². The summed E-state index contributed by atoms with van der Waals surface area (Å²) in [6, 6.07) is 4.44. The van der Waals surface area contributed by atoms with Crippen molar-refractivity contribution in [2.75, 3.05) is 5.43 Å². The van der Waals surface area contributed by atoms with E-state index in [-0.39, 0.29) is 12.1 Å². The van der Waals surface area contributed by atoms with Gasteiger partial charge in [0.25, 0.3) is 0 Å². The molecule has 0 spiro atoms. The molecule has 0 atom stereocenters. The summed E-state index contributed by atoms with van der Waals surface area (Å²) in [5.41, 5.74) is 2.45. The maximum Gasteiger partial charge on any atom is 0.416 e. The summed E-state index contributed by atoms with van der Waals surface area (Å²) >= 11 is 0. The van der Waals surface area contributed by atoms with Crippen molar-refractivity contribution in [1.82, 2.24) is 0 Å². The van der Waals surface area contributed by atoms with Gasteiger partial charge in [-0.05, 0) is 50.3 Å². The van der Waals surface area contributed by atoms with Crippen molar-refractivity contribution in [3.63, 3.8) is 0 Å². The highest BCUT2D eigenvalue weighted by Crippen LogP contribution is 2.41. The van der Waals surface area contributed by atoms with E-state index in [4.69, 9.17) is 0 Å². The highest BCUT2D eigenvalue weighted by Gasteiger charge is 2.37. The highest BCUT2D eigenvalue weighted by atomic mass is 19.4. The second-order valence-corrected chi connectivity index (χ2v) is 7.03. The smallest absolute Gasteiger partial charge is 0.266 e. The van der Waals surface area contributed by atoms with Gasteiger partial charge >= 0.3 is 17.6 Å². The molecule has 0 aromatic heterocycles. The SMILES string of the molecule is Cc1cc(C)c2c(c1)/C(=N/Nc1c([N+](=O)[O-])cc(C(F)(F)F)cc1[N+](=O)[O-])CCC2. The first kappa shape index (κ1) is 21.2. The Morgan fingerprint density at radius 3 is 2.13 bits per heavy atom. The van der Waals surface area contributed by atoms with Crippen LogP contribution in [-0.4, -0.2) is 15.6 Å². The highest BCUT2D eigenvalue weighted by molar-refractivity contribution is 6.03. The van der Waals surface area contributed by atoms with Crippen molar-refractivity contribution in [1.29, 1.82) is 0 Å². The molecule has 0 heterocycles. The van der Waals surface area contributed by atoms with Crippen LogP contribution in [0.3, 0.4) is 0 Å². The van der Waals surface area contributed by atoms with Crippen molar-refractivity contribution in [3.8, 4) is 0 Å². The van der Waals surface area contributed by atoms with E-state index < -0.39 is 38.6 Å². The van der Waals surface area contributed by atoms with Gasteiger partial charge in [-0.15, -0.1) is 0 Å². The average molecular weight is 422 g/mol. The number of halogens is 3. The van der Waals surface area contributed by atoms with Gasteiger partial charge < -0.3 is 0 Å². The molecular formula is C19H17F3N4O4. The molecule has 0 aliphatic heterocycles. The Morgan fingerprint density at radius 2 is 1.60 bits per heavy atom. The van der Waals surface area contributed by atoms with Crippen LogP contribution in [0.25, 0.3) is 0 Å². The number of hydrogen-bond acceptors (Lipinski definition) is 6. The minimum atomic E-state index is -4.97. The standard InChI is InChI=1S/C19H17F3N4O4/c1-10-6-11(2)13-4-3-5-15(14(13)7-10)23-24-18-16(25(27)28)8-12(19(20,21)22)9-17(18)26(29)30/h6-9,24H,3-5H2,1-2H3/b23-15+. The van der Waals surface area contributed by atoms with Crippen LogP contribution in [0.5, 0.6) is 0 Å². The number of anilines is 1. The zero-order valence-electron chi connectivity index (χ0n) is 16.0. The monoisotopic (exact) mass is 422 g/mol. The minimum Gasteiger partial charge on any atom is -0.266 e. The maximum absolute atomic E-state index is 13.0. The molecule has 2 aromatic rings. The molecule has 0 unspecified atom stereocenters. The summed E-state index contributed by atoms with van der Waals surface area (Å²) in [6.45, 7) is 3.85. The van der Waals surface area contributed by atoms with Crippen molar-refractivity contribution in [2.24, 2.45) is 5.10 Å². The van der Waals surface area contributed by atoms with Crippen LogP contribution >= 0.6 is 0 Å². The quantitative estimate of drug-likeness (QED) is 0.532. The Bertz CT molecular complexity index is 1050. The fourth-order valence-electron chi connectivity index (χ4n) is 3.57. The minimum absolute atomic E-state index is 0.263. The van der Waals surface area contributed by atoms with E-state index in [0.717, 1.165) is 35.1 Å². The van der Waals surface area contributed by atoms with E-state index in [1.807, 2.05) is 26.0 Å². The number of hydrogen-bond donors (Lipinski definition) is 1. The van der Waals surface area contributed by atoms with Gasteiger partial charge in [0.05, 0.1) is 21.1 Å². The number of fused-ring (bicyclic) bond motifs is 1. The molecule has 8 nitrogen and oxygen atoms in total. The number of alkyl halides is 3. The van der Waals surface area contributed by atoms with E-state index in [1.165, 1.54) is 0 Å². The molecule has 0 amide bonds. The average Bonchev–Trinajstić information content (AvgIpc) is 2.64. The number of nitro groups is 2. The van der Waals surface area contributed by atoms with Crippen LogP contribution in [0.2, 0.25) is 0 Å². The first-order chi connectivity index (χ1) is 14.0. The number of nitro benzene ring substituents is 2. The van der Waals surface area contributed by atoms with Crippen LogP contribution in [0.4, 0.5) is 30.2 Å². The van der Waals surface area contributed by atoms with E-state index >= 15 is 0 Å². The second kappa shape index (κ2) is 7.73. The van der Waals surface area contributed by atoms with E-state index in [2.05, 4.69) is 10.5 Å². The summed E-state index contributed by atoms with van der Waals surface area (Å²) in [4.78, 5) is 20.5. The molecule has 1 aliphatic carbocycles. The molecule has 1 aliphatic rings. The lowest BCUT2D eigenvalue weighted by Gasteiger charge is -2.21. The van der Waals surface area contributed by atoms with E-state index in [1.54, 1.807) is 0 Å². The molecule has 11 heteroatoms. The molecular weight excluding hydrogens is 405 g/mol. The third-order valence-corrected chi connectivity index (χ3v) is 4.89. The molecule has 0 radical (unpaired) electrons. The Balaban J connectivity index is 2.12. The molecule has 1 N–H and O–H groups in total. The first-order valence-corrected chi connectivity index (χ1v) is 8.96. The molecule has 0 fully saturated rings. The van der Waals surface area contributed by atoms with Gasteiger partial charge in [0, 0.05) is 17.7 Å². The van der Waals surface area contributed by atoms with Crippen LogP contribution in [0.1, 0.15) is 40.7 Å². The van der Waals surface area contributed by atoms with Gasteiger partial charge in [0.15, 0.2) is 0 Å². The molecule has 0 saturated heterocycles. The summed E-state index contributed by atoms with van der Waals surface area (Å²) in [5.74, 6) is 0. The third-order valence-electron chi connectivity index (χ3n) is 4.89. The molecule has 158 valence electrons. The Morgan fingerprint density at radius 1 is 1.00 bits per heavy atom. The fourth-order valence-corrected chi connectivity index (χ4v) is 3.57. The van der Waals surface area contributed by atoms with Gasteiger partial charge in [-0.2, -0.15) is 18.3 Å². The predicted octanol–water partition coefficient (Wildman–Crippen LogP) is 5.29. The Kier molecular flexibility index (Phi) is 5.47. The van der Waals surface area contributed by atoms with E-state index in [9.17, 15) is 33.4 Å². The topological polar surface area (TPSA) is 111 Å². The number of hydrazone groups is 1. The van der Waals surface area contributed by atoms with Crippen LogP contribution in [0, 0.1) is 34.1 Å². The van der Waals surface area contributed by atoms with Crippen LogP contribution in [-0.2, 0) is 12.6 Å². The largest absolute Gasteiger partial charge is 0.416 e. The Labute approximate surface area is 168 Å². The number of benzene rings is 2. The van der Waals surface area contributed by atoms with Crippen molar-refractivity contribution in [3.05, 3.63) is 72.3 Å². The maximum atomic E-state index is 13.0. The molecule has 30 heavy (non-hydrogen) atoms. The van der Waals surface area contributed by atoms with Gasteiger partial charge in [-0.3, -0.25) is 25.7 Å². The molecule has 2 aromatic carbocycles. The van der Waals surface area contributed by atoms with Gasteiger partial charge in [0.2, 0.25) is 5.69 Å². The zero-order chi connectivity index (χ0) is 22.2. The third kappa shape index (κ3) is 4.09. The normalized spacial score (nSPS) is 15.0. The number of rotatable bonds is 4. The molecule has 0 saturated carbocycles. The lowest BCUT2D eigenvalue weighted by atomic mass is 9.86. The number of nitrogens with zero attached hydrogens (tertiary/aromatic N) is 3. The van der Waals surface area contributed by atoms with E-state index in [0.29, 0.717) is 12.1 Å². The lowest BCUT2D eigenvalue weighted by molar-refractivity contribution is -0.392. The summed E-state index contributed by atoms with van der Waals surface area (Å²) in [6.07, 6.45) is -2.88. The Hall–Kier alpha value is -3.50. The molecule has 0 bridgehead atoms. The zero-order valence-corrected chi connectivity index (χ0v) is 16.0. The lowest BCUT2D eigenvalue weighted by Crippen LogP contribution is -2.16. The van der Waals surface area contributed by atoms with Gasteiger partial charge in [0.1, 0.15) is 0 Å². The van der Waals surface area contributed by atoms with Crippen molar-refractivity contribution < 1.29 is 23.0 Å². The summed E-state index contributed by atoms with van der Waals surface area (Å²) in [5, 5.41) is 26.8. The van der Waals surface area contributed by atoms with Crippen LogP contribution in [0.15, 0.2) is 29.4 Å². The molecule has 3 rings (SSSR count). The predicted molar refractivity (Wildman–Crippen MR) is 104 cm³/mol. The van der Waals surface area contributed by atoms with Crippen molar-refractivity contribution in [2.45, 2.75) is 39.3 Å². The van der Waals surface area contributed by atoms with Crippen molar-refractivity contribution >= 4 is 22.8 Å². The van der Waals surface area contributed by atoms with Gasteiger partial charge in [-0.25, -0.2) is 0 Å². The van der Waals surface area contributed by atoms with Crippen LogP contribution < -0.4 is 5.43 Å². The number of nitrogens with one attached hydrogen (secondary N) is 1.